The maximum absolute atomic E-state index is 8.26. The van der Waals surface area contributed by atoms with E-state index in [4.69, 9.17) is 3.40 Å². The van der Waals surface area contributed by atoms with Crippen LogP contribution < -0.4 is 18.8 Å². The Labute approximate surface area is 42.8 Å². The molecule has 0 radical (unpaired) electrons. The van der Waals surface area contributed by atoms with Crippen LogP contribution in [0.15, 0.2) is 0 Å². The molecule has 0 aliphatic heterocycles. The van der Waals surface area contributed by atoms with Crippen molar-refractivity contribution in [3.63, 3.8) is 0 Å². The van der Waals surface area contributed by atoms with Crippen molar-refractivity contribution in [2.24, 2.45) is 0 Å². The van der Waals surface area contributed by atoms with E-state index in [-0.39, 0.29) is 18.8 Å². The average Bonchev–Trinajstić information content (AvgIpc) is 1.00. The number of halogens is 4. The minimum atomic E-state index is 0. The molecule has 0 aliphatic carbocycles. The van der Waals surface area contributed by atoms with Crippen LogP contribution in [0.4, 0.5) is 0 Å². The van der Waals surface area contributed by atoms with E-state index in [0.717, 1.165) is 0 Å². The first-order valence-electron chi connectivity index (χ1n) is 0.167. The number of hydrogen-bond acceptors (Lipinski definition) is 1. The second-order valence-electron chi connectivity index (χ2n) is 0. The van der Waals surface area contributed by atoms with Gasteiger partial charge in [-0.1, -0.05) is 0 Å². The molecular weight excluding hydrogens is 188 g/mol. The maximum atomic E-state index is 8.26. The van der Waals surface area contributed by atoms with Gasteiger partial charge in [0.25, 0.3) is 0 Å². The van der Waals surface area contributed by atoms with Gasteiger partial charge in [-0.05, 0) is 0 Å². The minimum absolute atomic E-state index is 0. The molecular formula is F4MoO. The van der Waals surface area contributed by atoms with Crippen molar-refractivity contribution in [1.82, 2.24) is 0 Å². The van der Waals surface area contributed by atoms with E-state index in [1.807, 2.05) is 0 Å². The molecule has 40 valence electrons. The summed E-state index contributed by atoms with van der Waals surface area (Å²) in [4.78, 5) is 0. The SMILES string of the molecule is [F-].[F-].[F-].[F-].[O]=[Mo+4]. The Balaban J connectivity index is -0.000000000833. The fraction of sp³-hybridized carbons (Fsp3) is 0. The molecule has 6 heteroatoms. The predicted octanol–water partition coefficient (Wildman–Crippen LogP) is -12.1. The monoisotopic (exact) mass is 190 g/mol. The third kappa shape index (κ3) is 998. The molecule has 1 nitrogen and oxygen atoms in total. The van der Waals surface area contributed by atoms with Crippen LogP contribution in [0.3, 0.4) is 0 Å². The molecule has 0 atom stereocenters. The fourth-order valence-corrected chi connectivity index (χ4v) is 0. The Kier molecular flexibility index (Phi) is 40900. The van der Waals surface area contributed by atoms with Crippen molar-refractivity contribution < 1.29 is 42.0 Å². The molecule has 0 aromatic heterocycles. The third-order valence-corrected chi connectivity index (χ3v) is 0. The summed E-state index contributed by atoms with van der Waals surface area (Å²) in [6.45, 7) is 0. The first-order valence-corrected chi connectivity index (χ1v) is 0.986. The second-order valence-corrected chi connectivity index (χ2v) is 0. The molecule has 0 aromatic carbocycles. The van der Waals surface area contributed by atoms with Crippen LogP contribution in [0.2, 0.25) is 0 Å². The van der Waals surface area contributed by atoms with Crippen LogP contribution in [0.1, 0.15) is 0 Å². The van der Waals surface area contributed by atoms with Crippen molar-refractivity contribution in [2.75, 3.05) is 0 Å². The van der Waals surface area contributed by atoms with Gasteiger partial charge >= 0.3 is 23.2 Å². The Morgan fingerprint density at radius 3 is 0.667 bits per heavy atom. The first kappa shape index (κ1) is 115. The topological polar surface area (TPSA) is 17.1 Å². The van der Waals surface area contributed by atoms with Crippen LogP contribution in [0.25, 0.3) is 0 Å². The molecule has 0 rings (SSSR count). The summed E-state index contributed by atoms with van der Waals surface area (Å²) in [7, 11) is 0. The second kappa shape index (κ2) is 2130. The zero-order valence-electron chi connectivity index (χ0n) is 2.33. The van der Waals surface area contributed by atoms with Gasteiger partial charge in [-0.25, -0.2) is 0 Å². The predicted molar refractivity (Wildman–Crippen MR) is 0.686 cm³/mol. The zero-order valence-corrected chi connectivity index (χ0v) is 4.34. The summed E-state index contributed by atoms with van der Waals surface area (Å²) >= 11 is 0.700. The van der Waals surface area contributed by atoms with Crippen LogP contribution in [0, 0.1) is 0 Å². The number of hydrogen-bond donors (Lipinski definition) is 0. The van der Waals surface area contributed by atoms with Crippen molar-refractivity contribution in [3.05, 3.63) is 0 Å². The van der Waals surface area contributed by atoms with Gasteiger partial charge in [0.1, 0.15) is 0 Å². The molecule has 0 spiro atoms. The molecule has 0 amide bonds. The molecule has 0 fully saturated rings. The van der Waals surface area contributed by atoms with Gasteiger partial charge < -0.3 is 18.8 Å². The molecule has 0 saturated carbocycles. The van der Waals surface area contributed by atoms with E-state index in [9.17, 15) is 0 Å². The Morgan fingerprint density at radius 2 is 0.667 bits per heavy atom. The summed E-state index contributed by atoms with van der Waals surface area (Å²) in [6.07, 6.45) is 0. The molecule has 0 heterocycles. The van der Waals surface area contributed by atoms with Gasteiger partial charge in [-0.15, -0.1) is 0 Å². The van der Waals surface area contributed by atoms with Crippen molar-refractivity contribution in [3.8, 4) is 0 Å². The van der Waals surface area contributed by atoms with Gasteiger partial charge in [-0.2, -0.15) is 0 Å². The van der Waals surface area contributed by atoms with Crippen molar-refractivity contribution >= 4 is 0 Å². The summed E-state index contributed by atoms with van der Waals surface area (Å²) in [5, 5.41) is 0. The van der Waals surface area contributed by atoms with Crippen LogP contribution >= 0.6 is 0 Å². The van der Waals surface area contributed by atoms with E-state index in [1.165, 1.54) is 0 Å². The van der Waals surface area contributed by atoms with Gasteiger partial charge in [0.15, 0.2) is 0 Å². The summed E-state index contributed by atoms with van der Waals surface area (Å²) in [5.74, 6) is 0. The first-order chi connectivity index (χ1) is 1.00. The average molecular weight is 188 g/mol. The summed E-state index contributed by atoms with van der Waals surface area (Å²) in [6, 6.07) is 0. The quantitative estimate of drug-likeness (QED) is 0.272. The van der Waals surface area contributed by atoms with Crippen molar-refractivity contribution in [1.29, 1.82) is 0 Å². The van der Waals surface area contributed by atoms with Gasteiger partial charge in [-0.3, -0.25) is 0 Å². The van der Waals surface area contributed by atoms with E-state index in [0.29, 0.717) is 19.8 Å². The molecule has 0 bridgehead atoms. The van der Waals surface area contributed by atoms with Crippen LogP contribution in [-0.4, -0.2) is 0 Å². The van der Waals surface area contributed by atoms with Crippen LogP contribution in [0.5, 0.6) is 0 Å². The molecule has 0 aliphatic rings. The van der Waals surface area contributed by atoms with Gasteiger partial charge in [0, 0.05) is 0 Å². The summed E-state index contributed by atoms with van der Waals surface area (Å²) < 4.78 is 8.26. The molecule has 0 N–H and O–H groups in total. The summed E-state index contributed by atoms with van der Waals surface area (Å²) in [5.41, 5.74) is 0. The molecule has 6 heavy (non-hydrogen) atoms. The van der Waals surface area contributed by atoms with Crippen molar-refractivity contribution in [2.45, 2.75) is 0 Å². The number of rotatable bonds is 0. The molecule has 0 saturated heterocycles. The van der Waals surface area contributed by atoms with E-state index in [2.05, 4.69) is 0 Å². The van der Waals surface area contributed by atoms with Crippen LogP contribution in [-0.2, 0) is 23.2 Å². The Hall–Kier alpha value is 0.208. The fourth-order valence-electron chi connectivity index (χ4n) is 0. The Bertz CT molecular complexity index is 7.51. The van der Waals surface area contributed by atoms with Gasteiger partial charge in [0.2, 0.25) is 0 Å². The van der Waals surface area contributed by atoms with E-state index < -0.39 is 0 Å². The van der Waals surface area contributed by atoms with Gasteiger partial charge in [0.05, 0.1) is 0 Å². The third-order valence-electron chi connectivity index (χ3n) is 0. The van der Waals surface area contributed by atoms with E-state index in [1.54, 1.807) is 0 Å². The normalized spacial score (nSPS) is 1.00. The Morgan fingerprint density at radius 1 is 0.667 bits per heavy atom. The zero-order chi connectivity index (χ0) is 2.00. The standard InChI is InChI=1S/4FH.Mo.O/h4*1H;;/q;;;;+4;/p-4. The van der Waals surface area contributed by atoms with E-state index >= 15 is 0 Å². The molecule has 0 aromatic rings. The molecule has 0 unspecified atom stereocenters.